The Labute approximate surface area is 151 Å². The summed E-state index contributed by atoms with van der Waals surface area (Å²) < 4.78 is 14.5. The number of piperidine rings is 1. The molecule has 5 rings (SSSR count). The number of fused-ring (bicyclic) bond motifs is 3. The summed E-state index contributed by atoms with van der Waals surface area (Å²) in [6.45, 7) is 3.64. The van der Waals surface area contributed by atoms with Gasteiger partial charge in [0, 0.05) is 24.7 Å². The molecule has 3 heterocycles. The van der Waals surface area contributed by atoms with Gasteiger partial charge < -0.3 is 4.90 Å². The molecule has 132 valence electrons. The molecular formula is C20H20FN5. The summed E-state index contributed by atoms with van der Waals surface area (Å²) in [7, 11) is 0. The van der Waals surface area contributed by atoms with Crippen LogP contribution in [0.5, 0.6) is 0 Å². The second-order valence-electron chi connectivity index (χ2n) is 7.43. The Balaban J connectivity index is 1.59. The largest absolute Gasteiger partial charge is 0.355 e. The van der Waals surface area contributed by atoms with Crippen LogP contribution in [0.25, 0.3) is 10.9 Å². The Morgan fingerprint density at radius 3 is 3.00 bits per heavy atom. The van der Waals surface area contributed by atoms with E-state index in [0.29, 0.717) is 16.7 Å². The van der Waals surface area contributed by atoms with Gasteiger partial charge >= 0.3 is 0 Å². The fraction of sp³-hybridized carbons (Fsp3) is 0.400. The van der Waals surface area contributed by atoms with E-state index in [1.165, 1.54) is 23.7 Å². The van der Waals surface area contributed by atoms with Crippen LogP contribution in [0.2, 0.25) is 0 Å². The number of benzene rings is 1. The van der Waals surface area contributed by atoms with E-state index in [1.54, 1.807) is 6.07 Å². The number of halogens is 1. The van der Waals surface area contributed by atoms with Crippen molar-refractivity contribution in [3.05, 3.63) is 53.6 Å². The first-order chi connectivity index (χ1) is 12.7. The molecule has 1 fully saturated rings. The van der Waals surface area contributed by atoms with Crippen molar-refractivity contribution >= 4 is 16.7 Å². The van der Waals surface area contributed by atoms with Crippen LogP contribution in [0, 0.1) is 12.7 Å². The van der Waals surface area contributed by atoms with E-state index < -0.39 is 0 Å². The molecule has 6 heteroatoms. The third-order valence-corrected chi connectivity index (χ3v) is 5.83. The molecule has 0 N–H and O–H groups in total. The zero-order chi connectivity index (χ0) is 17.7. The fourth-order valence-electron chi connectivity index (χ4n) is 4.63. The van der Waals surface area contributed by atoms with E-state index in [-0.39, 0.29) is 11.2 Å². The third kappa shape index (κ3) is 2.28. The molecule has 1 aliphatic heterocycles. The van der Waals surface area contributed by atoms with Gasteiger partial charge in [-0.1, -0.05) is 6.07 Å². The van der Waals surface area contributed by atoms with Crippen LogP contribution in [-0.4, -0.2) is 33.0 Å². The van der Waals surface area contributed by atoms with Crippen LogP contribution in [0.15, 0.2) is 30.7 Å². The van der Waals surface area contributed by atoms with Gasteiger partial charge in [0.05, 0.1) is 16.6 Å². The van der Waals surface area contributed by atoms with Crippen molar-refractivity contribution < 1.29 is 4.39 Å². The molecule has 1 unspecified atom stereocenters. The topological polar surface area (TPSA) is 54.8 Å². The van der Waals surface area contributed by atoms with Crippen LogP contribution in [0.1, 0.15) is 36.3 Å². The van der Waals surface area contributed by atoms with Crippen molar-refractivity contribution in [2.75, 3.05) is 18.0 Å². The molecule has 0 saturated carbocycles. The zero-order valence-corrected chi connectivity index (χ0v) is 14.7. The van der Waals surface area contributed by atoms with E-state index in [0.717, 1.165) is 44.6 Å². The maximum absolute atomic E-state index is 14.5. The first kappa shape index (κ1) is 15.6. The first-order valence-corrected chi connectivity index (χ1v) is 9.13. The van der Waals surface area contributed by atoms with Gasteiger partial charge in [-0.2, -0.15) is 0 Å². The van der Waals surface area contributed by atoms with E-state index in [1.807, 2.05) is 19.2 Å². The predicted molar refractivity (Wildman–Crippen MR) is 97.7 cm³/mol. The minimum Gasteiger partial charge on any atom is -0.355 e. The average molecular weight is 349 g/mol. The van der Waals surface area contributed by atoms with Crippen molar-refractivity contribution in [3.63, 3.8) is 0 Å². The molecule has 2 aromatic heterocycles. The van der Waals surface area contributed by atoms with E-state index >= 15 is 0 Å². The number of hydrogen-bond acceptors (Lipinski definition) is 5. The SMILES string of the molecule is Cc1ncc2c(n1)C1(CCCN(c3ncnc4cccc(F)c34)C1)CC2. The molecular weight excluding hydrogens is 329 g/mol. The Morgan fingerprint density at radius 1 is 1.15 bits per heavy atom. The highest BCUT2D eigenvalue weighted by Crippen LogP contribution is 2.45. The minimum atomic E-state index is -0.261. The Morgan fingerprint density at radius 2 is 2.08 bits per heavy atom. The molecule has 1 aromatic carbocycles. The molecule has 1 aliphatic carbocycles. The minimum absolute atomic E-state index is 0.0177. The van der Waals surface area contributed by atoms with Crippen LogP contribution < -0.4 is 4.90 Å². The molecule has 0 bridgehead atoms. The average Bonchev–Trinajstić information content (AvgIpc) is 2.99. The van der Waals surface area contributed by atoms with Crippen LogP contribution >= 0.6 is 0 Å². The molecule has 1 saturated heterocycles. The molecule has 26 heavy (non-hydrogen) atoms. The summed E-state index contributed by atoms with van der Waals surface area (Å²) in [6.07, 6.45) is 7.75. The summed E-state index contributed by atoms with van der Waals surface area (Å²) >= 11 is 0. The number of rotatable bonds is 1. The summed E-state index contributed by atoms with van der Waals surface area (Å²) in [5, 5.41) is 0.518. The lowest BCUT2D eigenvalue weighted by Gasteiger charge is -2.41. The molecule has 0 amide bonds. The van der Waals surface area contributed by atoms with Crippen molar-refractivity contribution in [1.29, 1.82) is 0 Å². The maximum atomic E-state index is 14.5. The standard InChI is InChI=1S/C20H20FN5/c1-13-22-10-14-6-8-20(18(14)25-13)7-3-9-26(11-20)19-17-15(21)4-2-5-16(17)23-12-24-19/h2,4-5,10,12H,3,6-9,11H2,1H3. The number of nitrogens with zero attached hydrogens (tertiary/aromatic N) is 5. The molecule has 5 nitrogen and oxygen atoms in total. The lowest BCUT2D eigenvalue weighted by atomic mass is 9.77. The summed E-state index contributed by atoms with van der Waals surface area (Å²) in [5.74, 6) is 1.26. The van der Waals surface area contributed by atoms with Gasteiger partial charge in [-0.05, 0) is 50.3 Å². The highest BCUT2D eigenvalue weighted by atomic mass is 19.1. The van der Waals surface area contributed by atoms with Crippen molar-refractivity contribution in [2.24, 2.45) is 0 Å². The van der Waals surface area contributed by atoms with Gasteiger partial charge in [-0.25, -0.2) is 24.3 Å². The molecule has 3 aromatic rings. The quantitative estimate of drug-likeness (QED) is 0.674. The number of aryl methyl sites for hydroxylation is 2. The fourth-order valence-corrected chi connectivity index (χ4v) is 4.63. The summed E-state index contributed by atoms with van der Waals surface area (Å²) in [6, 6.07) is 5.01. The second-order valence-corrected chi connectivity index (χ2v) is 7.43. The molecule has 0 radical (unpaired) electrons. The van der Waals surface area contributed by atoms with Crippen molar-refractivity contribution in [1.82, 2.24) is 19.9 Å². The Hall–Kier alpha value is -2.63. The number of anilines is 1. The van der Waals surface area contributed by atoms with E-state index in [9.17, 15) is 4.39 Å². The van der Waals surface area contributed by atoms with Gasteiger partial charge in [0.1, 0.15) is 23.8 Å². The van der Waals surface area contributed by atoms with Gasteiger partial charge in [-0.3, -0.25) is 0 Å². The Kier molecular flexibility index (Phi) is 3.42. The highest BCUT2D eigenvalue weighted by molar-refractivity contribution is 5.90. The highest BCUT2D eigenvalue weighted by Gasteiger charge is 2.44. The van der Waals surface area contributed by atoms with Crippen LogP contribution in [-0.2, 0) is 11.8 Å². The van der Waals surface area contributed by atoms with Crippen molar-refractivity contribution in [3.8, 4) is 0 Å². The van der Waals surface area contributed by atoms with Crippen LogP contribution in [0.3, 0.4) is 0 Å². The molecule has 2 aliphatic rings. The Bertz CT molecular complexity index is 995. The summed E-state index contributed by atoms with van der Waals surface area (Å²) in [4.78, 5) is 20.1. The second kappa shape index (κ2) is 5.69. The van der Waals surface area contributed by atoms with Gasteiger partial charge in [0.2, 0.25) is 0 Å². The smallest absolute Gasteiger partial charge is 0.142 e. The lowest BCUT2D eigenvalue weighted by Crippen LogP contribution is -2.46. The zero-order valence-electron chi connectivity index (χ0n) is 14.7. The van der Waals surface area contributed by atoms with E-state index in [4.69, 9.17) is 4.98 Å². The maximum Gasteiger partial charge on any atom is 0.142 e. The van der Waals surface area contributed by atoms with Crippen molar-refractivity contribution in [2.45, 2.75) is 38.0 Å². The monoisotopic (exact) mass is 349 g/mol. The number of hydrogen-bond donors (Lipinski definition) is 0. The van der Waals surface area contributed by atoms with Crippen LogP contribution in [0.4, 0.5) is 10.2 Å². The van der Waals surface area contributed by atoms with Gasteiger partial charge in [-0.15, -0.1) is 0 Å². The molecule has 1 spiro atoms. The summed E-state index contributed by atoms with van der Waals surface area (Å²) in [5.41, 5.74) is 3.12. The normalized spacial score (nSPS) is 22.2. The number of aromatic nitrogens is 4. The predicted octanol–water partition coefficient (Wildman–Crippen LogP) is 3.35. The van der Waals surface area contributed by atoms with Gasteiger partial charge in [0.25, 0.3) is 0 Å². The molecule has 1 atom stereocenters. The van der Waals surface area contributed by atoms with Gasteiger partial charge in [0.15, 0.2) is 0 Å². The van der Waals surface area contributed by atoms with E-state index in [2.05, 4.69) is 19.9 Å². The first-order valence-electron chi connectivity index (χ1n) is 9.13. The third-order valence-electron chi connectivity index (χ3n) is 5.83. The lowest BCUT2D eigenvalue weighted by molar-refractivity contribution is 0.333.